The van der Waals surface area contributed by atoms with Gasteiger partial charge in [-0.15, -0.1) is 0 Å². The average molecular weight is 198 g/mol. The lowest BCUT2D eigenvalue weighted by molar-refractivity contribution is 0.146. The fourth-order valence-electron chi connectivity index (χ4n) is 2.12. The van der Waals surface area contributed by atoms with Gasteiger partial charge in [-0.1, -0.05) is 13.8 Å². The highest BCUT2D eigenvalue weighted by Gasteiger charge is 2.27. The van der Waals surface area contributed by atoms with Crippen LogP contribution in [0.2, 0.25) is 0 Å². The summed E-state index contributed by atoms with van der Waals surface area (Å²) in [5.74, 6) is 0.754. The number of rotatable bonds is 2. The molecule has 1 atom stereocenters. The predicted molar refractivity (Wildman–Crippen MR) is 62.6 cm³/mol. The Kier molecular flexibility index (Phi) is 3.96. The predicted octanol–water partition coefficient (Wildman–Crippen LogP) is 2.10. The molecule has 14 heavy (non-hydrogen) atoms. The van der Waals surface area contributed by atoms with E-state index in [-0.39, 0.29) is 5.54 Å². The summed E-state index contributed by atoms with van der Waals surface area (Å²) in [6.45, 7) is 15.2. The van der Waals surface area contributed by atoms with Gasteiger partial charge in [0, 0.05) is 18.1 Å². The topological polar surface area (TPSA) is 15.3 Å². The molecule has 0 spiro atoms. The van der Waals surface area contributed by atoms with Crippen LogP contribution in [-0.4, -0.2) is 36.1 Å². The third kappa shape index (κ3) is 3.25. The summed E-state index contributed by atoms with van der Waals surface area (Å²) in [6, 6.07) is 0.703. The molecule has 0 aromatic heterocycles. The van der Waals surface area contributed by atoms with Crippen LogP contribution in [0.3, 0.4) is 0 Å². The molecule has 0 amide bonds. The van der Waals surface area contributed by atoms with Crippen molar-refractivity contribution < 1.29 is 0 Å². The van der Waals surface area contributed by atoms with Crippen LogP contribution >= 0.6 is 0 Å². The zero-order chi connectivity index (χ0) is 10.8. The third-order valence-electron chi connectivity index (χ3n) is 3.36. The van der Waals surface area contributed by atoms with E-state index in [9.17, 15) is 0 Å². The van der Waals surface area contributed by atoms with Gasteiger partial charge >= 0.3 is 0 Å². The van der Waals surface area contributed by atoms with Crippen molar-refractivity contribution in [1.82, 2.24) is 10.2 Å². The molecule has 1 saturated heterocycles. The second-order valence-corrected chi connectivity index (χ2v) is 5.62. The van der Waals surface area contributed by atoms with E-state index in [2.05, 4.69) is 44.8 Å². The molecule has 0 aromatic carbocycles. The maximum Gasteiger partial charge on any atom is 0.0252 e. The fourth-order valence-corrected chi connectivity index (χ4v) is 2.12. The molecule has 1 heterocycles. The number of nitrogens with zero attached hydrogens (tertiary/aromatic N) is 1. The Morgan fingerprint density at radius 3 is 2.43 bits per heavy atom. The first kappa shape index (κ1) is 12.0. The van der Waals surface area contributed by atoms with Crippen LogP contribution in [0.4, 0.5) is 0 Å². The zero-order valence-electron chi connectivity index (χ0n) is 10.4. The summed E-state index contributed by atoms with van der Waals surface area (Å²) in [5.41, 5.74) is 0.277. The van der Waals surface area contributed by atoms with E-state index in [0.717, 1.165) is 12.5 Å². The minimum absolute atomic E-state index is 0.277. The molecule has 0 saturated carbocycles. The van der Waals surface area contributed by atoms with Gasteiger partial charge in [-0.05, 0) is 46.2 Å². The normalized spacial score (nSPS) is 26.1. The summed E-state index contributed by atoms with van der Waals surface area (Å²) in [6.07, 6.45) is 1.28. The number of hydrogen-bond donors (Lipinski definition) is 1. The summed E-state index contributed by atoms with van der Waals surface area (Å²) >= 11 is 0. The highest BCUT2D eigenvalue weighted by atomic mass is 15.2. The van der Waals surface area contributed by atoms with E-state index >= 15 is 0 Å². The molecule has 0 bridgehead atoms. The summed E-state index contributed by atoms with van der Waals surface area (Å²) in [5, 5.41) is 3.60. The van der Waals surface area contributed by atoms with Crippen molar-refractivity contribution in [3.05, 3.63) is 0 Å². The lowest BCUT2D eigenvalue weighted by Crippen LogP contribution is -2.49. The van der Waals surface area contributed by atoms with Crippen LogP contribution in [0, 0.1) is 5.92 Å². The van der Waals surface area contributed by atoms with Crippen molar-refractivity contribution in [2.45, 2.75) is 52.6 Å². The Morgan fingerprint density at radius 2 is 1.86 bits per heavy atom. The molecule has 1 N–H and O–H groups in total. The maximum atomic E-state index is 3.60. The van der Waals surface area contributed by atoms with E-state index in [1.807, 2.05) is 0 Å². The molecule has 1 aliphatic rings. The molecule has 2 heteroatoms. The van der Waals surface area contributed by atoms with Crippen LogP contribution in [0.1, 0.15) is 41.0 Å². The van der Waals surface area contributed by atoms with Crippen molar-refractivity contribution >= 4 is 0 Å². The minimum Gasteiger partial charge on any atom is -0.310 e. The summed E-state index contributed by atoms with van der Waals surface area (Å²) in [4.78, 5) is 2.63. The van der Waals surface area contributed by atoms with Gasteiger partial charge in [0.1, 0.15) is 0 Å². The molecule has 1 rings (SSSR count). The molecule has 0 aromatic rings. The number of hydrogen-bond acceptors (Lipinski definition) is 2. The van der Waals surface area contributed by atoms with Gasteiger partial charge in [0.2, 0.25) is 0 Å². The molecule has 0 aliphatic carbocycles. The van der Waals surface area contributed by atoms with Crippen LogP contribution in [0.5, 0.6) is 0 Å². The Hall–Kier alpha value is -0.0800. The third-order valence-corrected chi connectivity index (χ3v) is 3.36. The van der Waals surface area contributed by atoms with Crippen LogP contribution in [-0.2, 0) is 0 Å². The Bertz CT molecular complexity index is 175. The van der Waals surface area contributed by atoms with E-state index < -0.39 is 0 Å². The van der Waals surface area contributed by atoms with Gasteiger partial charge in [0.05, 0.1) is 0 Å². The van der Waals surface area contributed by atoms with Crippen molar-refractivity contribution in [2.75, 3.05) is 19.6 Å². The molecule has 1 fully saturated rings. The van der Waals surface area contributed by atoms with Crippen molar-refractivity contribution in [1.29, 1.82) is 0 Å². The van der Waals surface area contributed by atoms with Gasteiger partial charge in [0.15, 0.2) is 0 Å². The Balaban J connectivity index is 2.59. The molecule has 1 aliphatic heterocycles. The maximum absolute atomic E-state index is 3.60. The van der Waals surface area contributed by atoms with Gasteiger partial charge in [-0.2, -0.15) is 0 Å². The molecule has 2 nitrogen and oxygen atoms in total. The smallest absolute Gasteiger partial charge is 0.0252 e. The fraction of sp³-hybridized carbons (Fsp3) is 1.00. The summed E-state index contributed by atoms with van der Waals surface area (Å²) < 4.78 is 0. The highest BCUT2D eigenvalue weighted by Crippen LogP contribution is 2.17. The molecular weight excluding hydrogens is 172 g/mol. The zero-order valence-corrected chi connectivity index (χ0v) is 10.4. The lowest BCUT2D eigenvalue weighted by Gasteiger charge is -2.35. The van der Waals surface area contributed by atoms with E-state index in [1.165, 1.54) is 19.5 Å². The minimum atomic E-state index is 0.277. The van der Waals surface area contributed by atoms with Gasteiger partial charge in [0.25, 0.3) is 0 Å². The van der Waals surface area contributed by atoms with Gasteiger partial charge in [-0.3, -0.25) is 4.90 Å². The van der Waals surface area contributed by atoms with Crippen LogP contribution in [0.15, 0.2) is 0 Å². The Labute approximate surface area is 89.1 Å². The quantitative estimate of drug-likeness (QED) is 0.731. The highest BCUT2D eigenvalue weighted by molar-refractivity contribution is 4.87. The van der Waals surface area contributed by atoms with Crippen molar-refractivity contribution in [3.63, 3.8) is 0 Å². The van der Waals surface area contributed by atoms with Gasteiger partial charge < -0.3 is 5.32 Å². The average Bonchev–Trinajstić information content (AvgIpc) is 2.24. The monoisotopic (exact) mass is 198 g/mol. The second-order valence-electron chi connectivity index (χ2n) is 5.62. The van der Waals surface area contributed by atoms with Crippen LogP contribution < -0.4 is 5.32 Å². The largest absolute Gasteiger partial charge is 0.310 e. The van der Waals surface area contributed by atoms with Crippen LogP contribution in [0.25, 0.3) is 0 Å². The van der Waals surface area contributed by atoms with E-state index in [0.29, 0.717) is 6.04 Å². The summed E-state index contributed by atoms with van der Waals surface area (Å²) in [7, 11) is 0. The second kappa shape index (κ2) is 4.63. The molecule has 1 unspecified atom stereocenters. The van der Waals surface area contributed by atoms with Crippen molar-refractivity contribution in [3.8, 4) is 0 Å². The number of nitrogens with one attached hydrogen (secondary N) is 1. The van der Waals surface area contributed by atoms with E-state index in [1.54, 1.807) is 0 Å². The molecule has 0 radical (unpaired) electrons. The molecular formula is C12H26N2. The first-order valence-electron chi connectivity index (χ1n) is 5.91. The first-order chi connectivity index (χ1) is 6.42. The first-order valence-corrected chi connectivity index (χ1v) is 5.91. The van der Waals surface area contributed by atoms with E-state index in [4.69, 9.17) is 0 Å². The molecule has 84 valence electrons. The van der Waals surface area contributed by atoms with Gasteiger partial charge in [-0.25, -0.2) is 0 Å². The lowest BCUT2D eigenvalue weighted by atomic mass is 10.0. The standard InChI is InChI=1S/C12H26N2/c1-10(2)11(3)14-8-6-7-13-12(4,5)9-14/h10-11,13H,6-9H2,1-5H3. The SMILES string of the molecule is CC(C)C(C)N1CCCNC(C)(C)C1. The van der Waals surface area contributed by atoms with Crippen molar-refractivity contribution in [2.24, 2.45) is 5.92 Å². The Morgan fingerprint density at radius 1 is 1.21 bits per heavy atom.